The van der Waals surface area contributed by atoms with Crippen LogP contribution in [0.15, 0.2) is 41.6 Å². The van der Waals surface area contributed by atoms with Gasteiger partial charge in [0.2, 0.25) is 0 Å². The van der Waals surface area contributed by atoms with Gasteiger partial charge in [0.05, 0.1) is 24.4 Å². The van der Waals surface area contributed by atoms with Crippen LogP contribution < -0.4 is 15.4 Å². The second-order valence-corrected chi connectivity index (χ2v) is 9.52. The van der Waals surface area contributed by atoms with Crippen LogP contribution in [0.3, 0.4) is 0 Å². The maximum atomic E-state index is 12.5. The number of hydrogen-bond donors (Lipinski definition) is 3. The number of carbonyl (C=O) groups is 3. The van der Waals surface area contributed by atoms with Gasteiger partial charge in [-0.1, -0.05) is 31.4 Å². The SMILES string of the molecule is COC(=O)c1cnc(C(=O)NCCc2ccc(S(=O)(=O)NC(=O)NC3CCCCC3)cc2)cn1. The summed E-state index contributed by atoms with van der Waals surface area (Å²) in [5.74, 6) is -1.11. The summed E-state index contributed by atoms with van der Waals surface area (Å²) in [4.78, 5) is 43.3. The molecule has 1 saturated carbocycles. The number of nitrogens with one attached hydrogen (secondary N) is 3. The van der Waals surface area contributed by atoms with Gasteiger partial charge in [0.15, 0.2) is 5.69 Å². The summed E-state index contributed by atoms with van der Waals surface area (Å²) in [6.45, 7) is 0.271. The maximum absolute atomic E-state index is 12.5. The van der Waals surface area contributed by atoms with Crippen LogP contribution in [0.1, 0.15) is 58.6 Å². The molecule has 0 spiro atoms. The number of hydrogen-bond acceptors (Lipinski definition) is 8. The van der Waals surface area contributed by atoms with Gasteiger partial charge in [0, 0.05) is 12.6 Å². The van der Waals surface area contributed by atoms with E-state index in [4.69, 9.17) is 0 Å². The third-order valence-corrected chi connectivity index (χ3v) is 6.73. The molecule has 1 aliphatic rings. The van der Waals surface area contributed by atoms with Crippen LogP contribution >= 0.6 is 0 Å². The van der Waals surface area contributed by atoms with Gasteiger partial charge in [-0.3, -0.25) is 4.79 Å². The Morgan fingerprint density at radius 3 is 2.26 bits per heavy atom. The number of carbonyl (C=O) groups excluding carboxylic acids is 3. The van der Waals surface area contributed by atoms with Crippen molar-refractivity contribution in [2.75, 3.05) is 13.7 Å². The topological polar surface area (TPSA) is 156 Å². The summed E-state index contributed by atoms with van der Waals surface area (Å²) in [6.07, 6.45) is 7.65. The predicted molar refractivity (Wildman–Crippen MR) is 122 cm³/mol. The number of nitrogens with zero attached hydrogens (tertiary/aromatic N) is 2. The molecule has 1 heterocycles. The van der Waals surface area contributed by atoms with Crippen molar-refractivity contribution in [1.29, 1.82) is 0 Å². The van der Waals surface area contributed by atoms with Crippen LogP contribution in [0.25, 0.3) is 0 Å². The molecule has 0 atom stereocenters. The van der Waals surface area contributed by atoms with Crippen LogP contribution in [0, 0.1) is 0 Å². The average molecular weight is 490 g/mol. The van der Waals surface area contributed by atoms with Crippen molar-refractivity contribution in [3.63, 3.8) is 0 Å². The second kappa shape index (κ2) is 11.5. The molecule has 3 rings (SSSR count). The first-order valence-corrected chi connectivity index (χ1v) is 12.4. The first kappa shape index (κ1) is 25.1. The van der Waals surface area contributed by atoms with E-state index in [2.05, 4.69) is 30.1 Å². The van der Waals surface area contributed by atoms with Crippen molar-refractivity contribution in [2.24, 2.45) is 0 Å². The Bertz CT molecular complexity index is 1110. The molecule has 0 bridgehead atoms. The lowest BCUT2D eigenvalue weighted by Crippen LogP contribution is -2.45. The van der Waals surface area contributed by atoms with Gasteiger partial charge in [-0.2, -0.15) is 0 Å². The third-order valence-electron chi connectivity index (χ3n) is 5.38. The molecule has 0 radical (unpaired) electrons. The highest BCUT2D eigenvalue weighted by Gasteiger charge is 2.21. The minimum atomic E-state index is -3.99. The highest BCUT2D eigenvalue weighted by Crippen LogP contribution is 2.17. The zero-order valence-electron chi connectivity index (χ0n) is 18.7. The monoisotopic (exact) mass is 489 g/mol. The van der Waals surface area contributed by atoms with Crippen molar-refractivity contribution < 1.29 is 27.5 Å². The molecule has 0 unspecified atom stereocenters. The number of amides is 3. The predicted octanol–water partition coefficient (Wildman–Crippen LogP) is 1.56. The Morgan fingerprint density at radius 2 is 1.65 bits per heavy atom. The lowest BCUT2D eigenvalue weighted by Gasteiger charge is -2.22. The molecule has 3 N–H and O–H groups in total. The normalized spacial score (nSPS) is 14.1. The van der Waals surface area contributed by atoms with Gasteiger partial charge < -0.3 is 15.4 Å². The van der Waals surface area contributed by atoms with Crippen LogP contribution in [-0.4, -0.2) is 56.0 Å². The fourth-order valence-electron chi connectivity index (χ4n) is 3.54. The van der Waals surface area contributed by atoms with E-state index in [9.17, 15) is 22.8 Å². The van der Waals surface area contributed by atoms with Gasteiger partial charge >= 0.3 is 12.0 Å². The van der Waals surface area contributed by atoms with E-state index in [0.717, 1.165) is 43.9 Å². The lowest BCUT2D eigenvalue weighted by molar-refractivity contribution is 0.0592. The fraction of sp³-hybridized carbons (Fsp3) is 0.409. The van der Waals surface area contributed by atoms with E-state index < -0.39 is 27.9 Å². The van der Waals surface area contributed by atoms with Crippen molar-refractivity contribution in [1.82, 2.24) is 25.3 Å². The smallest absolute Gasteiger partial charge is 0.358 e. The zero-order chi connectivity index (χ0) is 24.6. The average Bonchev–Trinajstić information content (AvgIpc) is 2.84. The molecule has 1 aliphatic carbocycles. The van der Waals surface area contributed by atoms with E-state index >= 15 is 0 Å². The molecule has 0 saturated heterocycles. The number of sulfonamides is 1. The Hall–Kier alpha value is -3.54. The number of rotatable bonds is 8. The van der Waals surface area contributed by atoms with Gasteiger partial charge in [0.25, 0.3) is 15.9 Å². The molecule has 0 aliphatic heterocycles. The third kappa shape index (κ3) is 6.98. The minimum absolute atomic E-state index is 0.00157. The van der Waals surface area contributed by atoms with Gasteiger partial charge in [-0.15, -0.1) is 0 Å². The van der Waals surface area contributed by atoms with E-state index in [0.29, 0.717) is 6.42 Å². The molecule has 2 aromatic rings. The fourth-order valence-corrected chi connectivity index (χ4v) is 4.46. The molecular weight excluding hydrogens is 462 g/mol. The van der Waals surface area contributed by atoms with E-state index in [-0.39, 0.29) is 28.9 Å². The zero-order valence-corrected chi connectivity index (χ0v) is 19.6. The number of benzene rings is 1. The van der Waals surface area contributed by atoms with Crippen LogP contribution in [0.4, 0.5) is 4.79 Å². The lowest BCUT2D eigenvalue weighted by atomic mass is 9.96. The summed E-state index contributed by atoms with van der Waals surface area (Å²) in [5, 5.41) is 5.40. The van der Waals surface area contributed by atoms with Crippen molar-refractivity contribution in [2.45, 2.75) is 49.5 Å². The molecule has 3 amide bonds. The van der Waals surface area contributed by atoms with Crippen molar-refractivity contribution >= 4 is 27.9 Å². The Morgan fingerprint density at radius 1 is 1.00 bits per heavy atom. The quantitative estimate of drug-likeness (QED) is 0.472. The molecule has 1 fully saturated rings. The second-order valence-electron chi connectivity index (χ2n) is 7.84. The Labute approximate surface area is 197 Å². The summed E-state index contributed by atoms with van der Waals surface area (Å²) in [6, 6.07) is 5.32. The first-order valence-electron chi connectivity index (χ1n) is 10.9. The summed E-state index contributed by atoms with van der Waals surface area (Å²) < 4.78 is 31.5. The number of ether oxygens (including phenoxy) is 1. The summed E-state index contributed by atoms with van der Waals surface area (Å²) in [7, 11) is -2.77. The number of aromatic nitrogens is 2. The van der Waals surface area contributed by atoms with Gasteiger partial charge in [-0.25, -0.2) is 32.7 Å². The molecular formula is C22H27N5O6S. The summed E-state index contributed by atoms with van der Waals surface area (Å²) >= 11 is 0. The maximum Gasteiger partial charge on any atom is 0.358 e. The van der Waals surface area contributed by atoms with Gasteiger partial charge in [-0.05, 0) is 37.0 Å². The largest absolute Gasteiger partial charge is 0.464 e. The molecule has 182 valence electrons. The standard InChI is InChI=1S/C22H27N5O6S/c1-33-21(29)19-14-24-18(13-25-19)20(28)23-12-11-15-7-9-17(10-8-15)34(31,32)27-22(30)26-16-5-3-2-4-6-16/h7-10,13-14,16H,2-6,11-12H2,1H3,(H,23,28)(H2,26,27,30). The van der Waals surface area contributed by atoms with E-state index in [1.807, 2.05) is 0 Å². The highest BCUT2D eigenvalue weighted by atomic mass is 32.2. The molecule has 1 aromatic carbocycles. The van der Waals surface area contributed by atoms with Crippen LogP contribution in [0.5, 0.6) is 0 Å². The Kier molecular flexibility index (Phi) is 8.52. The van der Waals surface area contributed by atoms with Crippen LogP contribution in [-0.2, 0) is 21.2 Å². The Balaban J connectivity index is 1.47. The minimum Gasteiger partial charge on any atom is -0.464 e. The highest BCUT2D eigenvalue weighted by molar-refractivity contribution is 7.90. The van der Waals surface area contributed by atoms with Crippen molar-refractivity contribution in [3.05, 3.63) is 53.6 Å². The molecule has 1 aromatic heterocycles. The van der Waals surface area contributed by atoms with E-state index in [1.165, 1.54) is 25.4 Å². The van der Waals surface area contributed by atoms with Crippen molar-refractivity contribution in [3.8, 4) is 0 Å². The summed E-state index contributed by atoms with van der Waals surface area (Å²) in [5.41, 5.74) is 0.833. The molecule has 12 heteroatoms. The van der Waals surface area contributed by atoms with Crippen LogP contribution in [0.2, 0.25) is 0 Å². The number of esters is 1. The number of urea groups is 1. The molecule has 34 heavy (non-hydrogen) atoms. The number of methoxy groups -OCH3 is 1. The van der Waals surface area contributed by atoms with E-state index in [1.54, 1.807) is 12.1 Å². The first-order chi connectivity index (χ1) is 16.3. The van der Waals surface area contributed by atoms with Gasteiger partial charge in [0.1, 0.15) is 5.69 Å². The molecule has 11 nitrogen and oxygen atoms in total.